The van der Waals surface area contributed by atoms with Gasteiger partial charge in [-0.25, -0.2) is 0 Å². The number of aliphatic hydroxyl groups excluding tert-OH is 1. The molecule has 0 aliphatic carbocycles. The van der Waals surface area contributed by atoms with Crippen molar-refractivity contribution in [3.63, 3.8) is 0 Å². The van der Waals surface area contributed by atoms with Crippen LogP contribution in [-0.4, -0.2) is 23.2 Å². The van der Waals surface area contributed by atoms with Crippen molar-refractivity contribution < 1.29 is 9.90 Å². The number of carbonyl (C=O) groups is 1. The van der Waals surface area contributed by atoms with Gasteiger partial charge in [-0.05, 0) is 12.0 Å². The lowest BCUT2D eigenvalue weighted by Crippen LogP contribution is -2.45. The fraction of sp³-hybridized carbons (Fsp3) is 0.500. The van der Waals surface area contributed by atoms with Crippen LogP contribution in [0.5, 0.6) is 0 Å². The highest BCUT2D eigenvalue weighted by Crippen LogP contribution is 2.04. The molecule has 0 aliphatic rings. The Kier molecular flexibility index (Phi) is 12.7. The molecule has 0 aromatic heterocycles. The van der Waals surface area contributed by atoms with Crippen molar-refractivity contribution in [1.29, 1.82) is 0 Å². The second kappa shape index (κ2) is 12.1. The zero-order valence-corrected chi connectivity index (χ0v) is 11.8. The summed E-state index contributed by atoms with van der Waals surface area (Å²) in [7, 11) is 0. The first-order valence-electron chi connectivity index (χ1n) is 6.38. The van der Waals surface area contributed by atoms with Gasteiger partial charge in [0.25, 0.3) is 0 Å². The normalized spacial score (nSPS) is 12.1. The highest BCUT2D eigenvalue weighted by Gasteiger charge is 2.20. The molecular formula is C14H26N2O2. The van der Waals surface area contributed by atoms with Crippen LogP contribution in [-0.2, 0) is 11.2 Å². The third-order valence-corrected chi connectivity index (χ3v) is 2.01. The number of hydrogen-bond acceptors (Lipinski definition) is 3. The van der Waals surface area contributed by atoms with Crippen LogP contribution in [0.3, 0.4) is 0 Å². The summed E-state index contributed by atoms with van der Waals surface area (Å²) < 4.78 is 0. The molecule has 4 nitrogen and oxygen atoms in total. The number of nitrogens with two attached hydrogens (primary N) is 2. The number of carbonyl (C=O) groups excluding carboxylic acids is 1. The van der Waals surface area contributed by atoms with E-state index < -0.39 is 18.1 Å². The van der Waals surface area contributed by atoms with Gasteiger partial charge in [0.15, 0.2) is 0 Å². The van der Waals surface area contributed by atoms with E-state index in [2.05, 4.69) is 0 Å². The number of primary amides is 1. The lowest BCUT2D eigenvalue weighted by molar-refractivity contribution is -0.126. The summed E-state index contributed by atoms with van der Waals surface area (Å²) in [6.07, 6.45) is -0.847. The van der Waals surface area contributed by atoms with Crippen LogP contribution in [0.4, 0.5) is 0 Å². The molecule has 0 heterocycles. The van der Waals surface area contributed by atoms with E-state index in [1.165, 1.54) is 0 Å². The standard InChI is InChI=1S/C10H14N2O2.2C2H6/c11-8(9(13)10(12)14)6-7-4-2-1-3-5-7;2*1-2/h1-5,8-9,13H,6,11H2,(H2,12,14);2*1-2H3/t8-,9?;;/m0../s1. The summed E-state index contributed by atoms with van der Waals surface area (Å²) in [6, 6.07) is 8.76. The molecule has 0 saturated heterocycles. The van der Waals surface area contributed by atoms with Crippen LogP contribution in [0, 0.1) is 0 Å². The van der Waals surface area contributed by atoms with Crippen molar-refractivity contribution in [2.75, 3.05) is 0 Å². The molecule has 0 spiro atoms. The van der Waals surface area contributed by atoms with Crippen molar-refractivity contribution in [3.8, 4) is 0 Å². The van der Waals surface area contributed by atoms with E-state index in [0.717, 1.165) is 5.56 Å². The van der Waals surface area contributed by atoms with E-state index in [1.54, 1.807) is 0 Å². The minimum absolute atomic E-state index is 0.435. The number of aliphatic hydroxyl groups is 1. The highest BCUT2D eigenvalue weighted by molar-refractivity contribution is 5.79. The summed E-state index contributed by atoms with van der Waals surface area (Å²) in [5.74, 6) is -0.784. The number of amides is 1. The van der Waals surface area contributed by atoms with Gasteiger partial charge in [0.2, 0.25) is 5.91 Å². The Balaban J connectivity index is 0. The molecule has 5 N–H and O–H groups in total. The quantitative estimate of drug-likeness (QED) is 0.759. The lowest BCUT2D eigenvalue weighted by atomic mass is 10.0. The molecule has 1 rings (SSSR count). The first-order chi connectivity index (χ1) is 8.61. The summed E-state index contributed by atoms with van der Waals surface area (Å²) >= 11 is 0. The second-order valence-electron chi connectivity index (χ2n) is 3.20. The second-order valence-corrected chi connectivity index (χ2v) is 3.20. The van der Waals surface area contributed by atoms with Crippen LogP contribution in [0.2, 0.25) is 0 Å². The molecule has 1 aromatic rings. The predicted molar refractivity (Wildman–Crippen MR) is 76.0 cm³/mol. The number of rotatable bonds is 4. The monoisotopic (exact) mass is 254 g/mol. The SMILES string of the molecule is CC.CC.NC(=O)C(O)[C@@H](N)Cc1ccccc1. The number of benzene rings is 1. The largest absolute Gasteiger partial charge is 0.382 e. The fourth-order valence-electron chi connectivity index (χ4n) is 1.21. The first-order valence-corrected chi connectivity index (χ1v) is 6.38. The molecule has 0 radical (unpaired) electrons. The Morgan fingerprint density at radius 1 is 1.17 bits per heavy atom. The van der Waals surface area contributed by atoms with E-state index >= 15 is 0 Å². The third-order valence-electron chi connectivity index (χ3n) is 2.01. The van der Waals surface area contributed by atoms with Gasteiger partial charge in [-0.2, -0.15) is 0 Å². The zero-order valence-electron chi connectivity index (χ0n) is 11.8. The molecule has 104 valence electrons. The average molecular weight is 254 g/mol. The minimum Gasteiger partial charge on any atom is -0.382 e. The first kappa shape index (κ1) is 19.0. The van der Waals surface area contributed by atoms with Crippen LogP contribution < -0.4 is 11.5 Å². The molecule has 4 heteroatoms. The summed E-state index contributed by atoms with van der Waals surface area (Å²) in [5.41, 5.74) is 11.5. The molecule has 1 aromatic carbocycles. The Labute approximate surface area is 110 Å². The molecule has 0 fully saturated rings. The molecule has 2 atom stereocenters. The van der Waals surface area contributed by atoms with Gasteiger partial charge in [-0.3, -0.25) is 4.79 Å². The van der Waals surface area contributed by atoms with Crippen LogP contribution in [0.1, 0.15) is 33.3 Å². The van der Waals surface area contributed by atoms with E-state index in [-0.39, 0.29) is 0 Å². The van der Waals surface area contributed by atoms with Gasteiger partial charge in [0.05, 0.1) is 0 Å². The smallest absolute Gasteiger partial charge is 0.247 e. The predicted octanol–water partition coefficient (Wildman–Crippen LogP) is 1.46. The van der Waals surface area contributed by atoms with Gasteiger partial charge >= 0.3 is 0 Å². The molecule has 1 unspecified atom stereocenters. The summed E-state index contributed by atoms with van der Waals surface area (Å²) in [6.45, 7) is 8.00. The maximum Gasteiger partial charge on any atom is 0.247 e. The molecular weight excluding hydrogens is 228 g/mol. The Morgan fingerprint density at radius 2 is 1.61 bits per heavy atom. The van der Waals surface area contributed by atoms with Gasteiger partial charge < -0.3 is 16.6 Å². The van der Waals surface area contributed by atoms with Crippen molar-refractivity contribution in [2.45, 2.75) is 46.3 Å². The third kappa shape index (κ3) is 7.81. The van der Waals surface area contributed by atoms with E-state index in [4.69, 9.17) is 11.5 Å². The van der Waals surface area contributed by atoms with E-state index in [0.29, 0.717) is 6.42 Å². The van der Waals surface area contributed by atoms with Gasteiger partial charge in [-0.15, -0.1) is 0 Å². The van der Waals surface area contributed by atoms with E-state index in [9.17, 15) is 9.90 Å². The molecule has 1 amide bonds. The Morgan fingerprint density at radius 3 is 2.00 bits per heavy atom. The number of hydrogen-bond donors (Lipinski definition) is 3. The Hall–Kier alpha value is -1.39. The maximum absolute atomic E-state index is 10.6. The van der Waals surface area contributed by atoms with Gasteiger partial charge in [0, 0.05) is 6.04 Å². The maximum atomic E-state index is 10.6. The molecule has 0 bridgehead atoms. The van der Waals surface area contributed by atoms with Crippen molar-refractivity contribution in [1.82, 2.24) is 0 Å². The van der Waals surface area contributed by atoms with Crippen molar-refractivity contribution in [2.24, 2.45) is 11.5 Å². The van der Waals surface area contributed by atoms with Gasteiger partial charge in [0.1, 0.15) is 6.10 Å². The van der Waals surface area contributed by atoms with Gasteiger partial charge in [-0.1, -0.05) is 58.0 Å². The van der Waals surface area contributed by atoms with Crippen LogP contribution >= 0.6 is 0 Å². The van der Waals surface area contributed by atoms with Crippen molar-refractivity contribution in [3.05, 3.63) is 35.9 Å². The van der Waals surface area contributed by atoms with Crippen LogP contribution in [0.25, 0.3) is 0 Å². The zero-order chi connectivity index (χ0) is 14.6. The molecule has 18 heavy (non-hydrogen) atoms. The Bertz CT molecular complexity index is 302. The van der Waals surface area contributed by atoms with Crippen LogP contribution in [0.15, 0.2) is 30.3 Å². The highest BCUT2D eigenvalue weighted by atomic mass is 16.3. The van der Waals surface area contributed by atoms with E-state index in [1.807, 2.05) is 58.0 Å². The molecule has 0 saturated carbocycles. The molecule has 0 aliphatic heterocycles. The topological polar surface area (TPSA) is 89.3 Å². The average Bonchev–Trinajstić information content (AvgIpc) is 2.43. The lowest BCUT2D eigenvalue weighted by Gasteiger charge is -2.15. The van der Waals surface area contributed by atoms with Crippen molar-refractivity contribution >= 4 is 5.91 Å². The summed E-state index contributed by atoms with van der Waals surface area (Å²) in [4.78, 5) is 10.6. The minimum atomic E-state index is -1.28. The summed E-state index contributed by atoms with van der Waals surface area (Å²) in [5, 5.41) is 9.26. The fourth-order valence-corrected chi connectivity index (χ4v) is 1.21.